The van der Waals surface area contributed by atoms with Gasteiger partial charge in [0, 0.05) is 12.6 Å². The van der Waals surface area contributed by atoms with Gasteiger partial charge in [-0.3, -0.25) is 0 Å². The minimum atomic E-state index is -0.502. The van der Waals surface area contributed by atoms with Crippen LogP contribution in [-0.4, -0.2) is 9.55 Å². The summed E-state index contributed by atoms with van der Waals surface area (Å²) in [5.41, 5.74) is 1.89. The largest absolute Gasteiger partial charge is 0.331 e. The summed E-state index contributed by atoms with van der Waals surface area (Å²) in [6.07, 6.45) is 0.470. The van der Waals surface area contributed by atoms with E-state index in [1.807, 2.05) is 0 Å². The maximum atomic E-state index is 13.6. The highest BCUT2D eigenvalue weighted by atomic mass is 35.5. The van der Waals surface area contributed by atoms with Crippen molar-refractivity contribution < 1.29 is 8.78 Å². The van der Waals surface area contributed by atoms with Crippen molar-refractivity contribution in [3.63, 3.8) is 0 Å². The molecular formula is C15H11ClF2N2S. The van der Waals surface area contributed by atoms with Crippen LogP contribution < -0.4 is 0 Å². The van der Waals surface area contributed by atoms with Crippen LogP contribution in [0.15, 0.2) is 36.4 Å². The SMILES string of the molecule is Fc1cc2c(cc1Cl)[nH]c(=S)n2CCc1ccccc1F. The van der Waals surface area contributed by atoms with Crippen molar-refractivity contribution in [2.24, 2.45) is 0 Å². The Balaban J connectivity index is 1.97. The molecule has 1 heterocycles. The Morgan fingerprint density at radius 3 is 2.67 bits per heavy atom. The third-order valence-electron chi connectivity index (χ3n) is 3.38. The summed E-state index contributed by atoms with van der Waals surface area (Å²) in [5.74, 6) is -0.754. The van der Waals surface area contributed by atoms with Gasteiger partial charge in [0.15, 0.2) is 4.77 Å². The van der Waals surface area contributed by atoms with Gasteiger partial charge in [0.1, 0.15) is 11.6 Å². The van der Waals surface area contributed by atoms with Crippen LogP contribution in [0, 0.1) is 16.4 Å². The maximum absolute atomic E-state index is 13.6. The molecule has 6 heteroatoms. The lowest BCUT2D eigenvalue weighted by atomic mass is 10.1. The Labute approximate surface area is 130 Å². The fraction of sp³-hybridized carbons (Fsp3) is 0.133. The molecule has 108 valence electrons. The summed E-state index contributed by atoms with van der Waals surface area (Å²) < 4.78 is 29.4. The molecule has 0 aliphatic rings. The number of benzene rings is 2. The molecule has 0 saturated carbocycles. The lowest BCUT2D eigenvalue weighted by Gasteiger charge is -2.06. The topological polar surface area (TPSA) is 20.7 Å². The molecule has 0 spiro atoms. The molecule has 0 saturated heterocycles. The van der Waals surface area contributed by atoms with Gasteiger partial charge in [-0.25, -0.2) is 8.78 Å². The second-order valence-electron chi connectivity index (χ2n) is 4.71. The molecule has 0 aliphatic heterocycles. The third-order valence-corrected chi connectivity index (χ3v) is 3.99. The van der Waals surface area contributed by atoms with E-state index in [0.29, 0.717) is 34.3 Å². The Kier molecular flexibility index (Phi) is 3.78. The minimum Gasteiger partial charge on any atom is -0.331 e. The van der Waals surface area contributed by atoms with E-state index >= 15 is 0 Å². The summed E-state index contributed by atoms with van der Waals surface area (Å²) in [4.78, 5) is 2.98. The normalized spacial score (nSPS) is 11.2. The molecular weight excluding hydrogens is 314 g/mol. The predicted octanol–water partition coefficient (Wildman–Crippen LogP) is 4.87. The van der Waals surface area contributed by atoms with E-state index in [1.165, 1.54) is 18.2 Å². The first-order chi connectivity index (χ1) is 10.1. The predicted molar refractivity (Wildman–Crippen MR) is 82.2 cm³/mol. The van der Waals surface area contributed by atoms with Gasteiger partial charge < -0.3 is 9.55 Å². The quantitative estimate of drug-likeness (QED) is 0.681. The van der Waals surface area contributed by atoms with E-state index in [9.17, 15) is 8.78 Å². The van der Waals surface area contributed by atoms with E-state index in [-0.39, 0.29) is 10.8 Å². The lowest BCUT2D eigenvalue weighted by Crippen LogP contribution is -2.03. The van der Waals surface area contributed by atoms with Crippen molar-refractivity contribution >= 4 is 34.9 Å². The number of nitrogens with zero attached hydrogens (tertiary/aromatic N) is 1. The van der Waals surface area contributed by atoms with Crippen LogP contribution >= 0.6 is 23.8 Å². The van der Waals surface area contributed by atoms with Gasteiger partial charge in [-0.1, -0.05) is 29.8 Å². The van der Waals surface area contributed by atoms with Crippen molar-refractivity contribution in [1.82, 2.24) is 9.55 Å². The molecule has 0 amide bonds. The van der Waals surface area contributed by atoms with Crippen molar-refractivity contribution in [2.45, 2.75) is 13.0 Å². The number of H-pyrrole nitrogens is 1. The molecule has 0 atom stereocenters. The minimum absolute atomic E-state index is 0.0417. The monoisotopic (exact) mass is 324 g/mol. The van der Waals surface area contributed by atoms with Crippen LogP contribution in [0.3, 0.4) is 0 Å². The smallest absolute Gasteiger partial charge is 0.178 e. The van der Waals surface area contributed by atoms with Crippen molar-refractivity contribution in [1.29, 1.82) is 0 Å². The van der Waals surface area contributed by atoms with Crippen LogP contribution in [0.25, 0.3) is 11.0 Å². The molecule has 0 aliphatic carbocycles. The van der Waals surface area contributed by atoms with Gasteiger partial charge in [0.25, 0.3) is 0 Å². The van der Waals surface area contributed by atoms with Gasteiger partial charge >= 0.3 is 0 Å². The molecule has 0 fully saturated rings. The highest BCUT2D eigenvalue weighted by Gasteiger charge is 2.10. The van der Waals surface area contributed by atoms with Crippen molar-refractivity contribution in [2.75, 3.05) is 0 Å². The van der Waals surface area contributed by atoms with Crippen LogP contribution in [0.5, 0.6) is 0 Å². The fourth-order valence-electron chi connectivity index (χ4n) is 2.31. The number of imidazole rings is 1. The average molecular weight is 325 g/mol. The standard InChI is InChI=1S/C15H11ClF2N2S/c16-10-7-13-14(8-12(10)18)20(15(21)19-13)6-5-9-3-1-2-4-11(9)17/h1-4,7-8H,5-6H2,(H,19,21). The molecule has 0 bridgehead atoms. The van der Waals surface area contributed by atoms with Gasteiger partial charge in [-0.05, 0) is 36.3 Å². The van der Waals surface area contributed by atoms with Crippen LogP contribution in [0.1, 0.15) is 5.56 Å². The van der Waals surface area contributed by atoms with Gasteiger partial charge in [0.2, 0.25) is 0 Å². The van der Waals surface area contributed by atoms with Crippen LogP contribution in [-0.2, 0) is 13.0 Å². The Morgan fingerprint density at radius 1 is 1.14 bits per heavy atom. The van der Waals surface area contributed by atoms with Crippen molar-refractivity contribution in [3.8, 4) is 0 Å². The summed E-state index contributed by atoms with van der Waals surface area (Å²) in [6, 6.07) is 9.42. The third kappa shape index (κ3) is 2.71. The zero-order valence-corrected chi connectivity index (χ0v) is 12.4. The zero-order chi connectivity index (χ0) is 15.0. The van der Waals surface area contributed by atoms with E-state index in [2.05, 4.69) is 4.98 Å². The number of hydrogen-bond acceptors (Lipinski definition) is 1. The van der Waals surface area contributed by atoms with E-state index < -0.39 is 5.82 Å². The van der Waals surface area contributed by atoms with Crippen LogP contribution in [0.4, 0.5) is 8.78 Å². The molecule has 0 unspecified atom stereocenters. The number of aryl methyl sites for hydroxylation is 2. The molecule has 2 nitrogen and oxygen atoms in total. The molecule has 0 radical (unpaired) electrons. The van der Waals surface area contributed by atoms with E-state index in [1.54, 1.807) is 22.8 Å². The number of hydrogen-bond donors (Lipinski definition) is 1. The number of rotatable bonds is 3. The summed E-state index contributed by atoms with van der Waals surface area (Å²) in [5, 5.41) is 0.0417. The van der Waals surface area contributed by atoms with Gasteiger partial charge in [-0.2, -0.15) is 0 Å². The second kappa shape index (κ2) is 5.58. The van der Waals surface area contributed by atoms with Crippen LogP contribution in [0.2, 0.25) is 5.02 Å². The lowest BCUT2D eigenvalue weighted by molar-refractivity contribution is 0.594. The number of fused-ring (bicyclic) bond motifs is 1. The zero-order valence-electron chi connectivity index (χ0n) is 10.9. The molecule has 1 aromatic heterocycles. The molecule has 2 aromatic carbocycles. The Hall–Kier alpha value is -1.72. The molecule has 21 heavy (non-hydrogen) atoms. The number of aromatic nitrogens is 2. The Morgan fingerprint density at radius 2 is 1.90 bits per heavy atom. The van der Waals surface area contributed by atoms with E-state index in [4.69, 9.17) is 23.8 Å². The van der Waals surface area contributed by atoms with Gasteiger partial charge in [-0.15, -0.1) is 0 Å². The average Bonchev–Trinajstić information content (AvgIpc) is 2.74. The maximum Gasteiger partial charge on any atom is 0.178 e. The summed E-state index contributed by atoms with van der Waals surface area (Å²) in [7, 11) is 0. The first-order valence-electron chi connectivity index (χ1n) is 6.37. The van der Waals surface area contributed by atoms with Crippen molar-refractivity contribution in [3.05, 3.63) is 63.4 Å². The second-order valence-corrected chi connectivity index (χ2v) is 5.50. The summed E-state index contributed by atoms with van der Waals surface area (Å²) >= 11 is 11.0. The first-order valence-corrected chi connectivity index (χ1v) is 7.16. The fourth-order valence-corrected chi connectivity index (χ4v) is 2.77. The molecule has 1 N–H and O–H groups in total. The number of halogens is 3. The van der Waals surface area contributed by atoms with E-state index in [0.717, 1.165) is 0 Å². The highest BCUT2D eigenvalue weighted by molar-refractivity contribution is 7.71. The highest BCUT2D eigenvalue weighted by Crippen LogP contribution is 2.23. The number of nitrogens with one attached hydrogen (secondary N) is 1. The van der Waals surface area contributed by atoms with Gasteiger partial charge in [0.05, 0.1) is 16.1 Å². The first kappa shape index (κ1) is 14.2. The molecule has 3 rings (SSSR count). The number of aromatic amines is 1. The Bertz CT molecular complexity index is 870. The summed E-state index contributed by atoms with van der Waals surface area (Å²) in [6.45, 7) is 0.459. The molecule has 3 aromatic rings.